The van der Waals surface area contributed by atoms with Crippen molar-refractivity contribution in [3.8, 4) is 11.4 Å². The van der Waals surface area contributed by atoms with Crippen LogP contribution >= 0.6 is 11.6 Å². The van der Waals surface area contributed by atoms with Crippen LogP contribution < -0.4 is 15.4 Å². The Morgan fingerprint density at radius 1 is 1.20 bits per heavy atom. The Bertz CT molecular complexity index is 1090. The largest absolute Gasteiger partial charge is 0.491 e. The minimum atomic E-state index is -0.296. The molecule has 0 spiro atoms. The van der Waals surface area contributed by atoms with Crippen molar-refractivity contribution in [2.75, 3.05) is 11.9 Å². The number of ether oxygens (including phenoxy) is 1. The van der Waals surface area contributed by atoms with Gasteiger partial charge in [0.25, 0.3) is 0 Å². The number of urea groups is 1. The molecule has 0 saturated carbocycles. The summed E-state index contributed by atoms with van der Waals surface area (Å²) in [5, 5.41) is 11.2. The van der Waals surface area contributed by atoms with Gasteiger partial charge in [-0.3, -0.25) is 0 Å². The Morgan fingerprint density at radius 2 is 2.00 bits per heavy atom. The summed E-state index contributed by atoms with van der Waals surface area (Å²) in [5.41, 5.74) is 4.33. The molecular weight excluding hydrogens is 400 g/mol. The van der Waals surface area contributed by atoms with Gasteiger partial charge in [0.05, 0.1) is 35.9 Å². The molecule has 2 aromatic carbocycles. The van der Waals surface area contributed by atoms with Crippen LogP contribution in [0.15, 0.2) is 48.5 Å². The summed E-state index contributed by atoms with van der Waals surface area (Å²) in [6.45, 7) is 7.29. The number of carbonyl (C=O) groups is 1. The van der Waals surface area contributed by atoms with Gasteiger partial charge in [-0.15, -0.1) is 0 Å². The lowest BCUT2D eigenvalue weighted by molar-refractivity contribution is 0.251. The summed E-state index contributed by atoms with van der Waals surface area (Å²) in [5.74, 6) is 0.756. The fraction of sp³-hybridized carbons (Fsp3) is 0.304. The molecule has 0 saturated heterocycles. The highest BCUT2D eigenvalue weighted by Crippen LogP contribution is 2.33. The zero-order valence-corrected chi connectivity index (χ0v) is 18.1. The lowest BCUT2D eigenvalue weighted by Crippen LogP contribution is -2.29. The number of benzene rings is 2. The van der Waals surface area contributed by atoms with E-state index in [1.807, 2.05) is 53.2 Å². The third-order valence-corrected chi connectivity index (χ3v) is 5.23. The predicted octanol–water partition coefficient (Wildman–Crippen LogP) is 5.08. The number of aromatic nitrogens is 2. The second kappa shape index (κ2) is 8.03. The molecule has 2 N–H and O–H groups in total. The van der Waals surface area contributed by atoms with Gasteiger partial charge in [-0.25, -0.2) is 9.48 Å². The molecule has 1 aliphatic heterocycles. The number of carbonyl (C=O) groups excluding carboxylic acids is 1. The van der Waals surface area contributed by atoms with E-state index in [-0.39, 0.29) is 11.4 Å². The van der Waals surface area contributed by atoms with E-state index in [0.29, 0.717) is 23.9 Å². The van der Waals surface area contributed by atoms with Crippen LogP contribution in [0.4, 0.5) is 10.5 Å². The summed E-state index contributed by atoms with van der Waals surface area (Å²) in [4.78, 5) is 12.6. The lowest BCUT2D eigenvalue weighted by Gasteiger charge is -2.14. The molecule has 0 atom stereocenters. The van der Waals surface area contributed by atoms with Crippen LogP contribution in [0.5, 0.6) is 5.75 Å². The summed E-state index contributed by atoms with van der Waals surface area (Å²) in [6, 6.07) is 15.0. The Labute approximate surface area is 181 Å². The average Bonchev–Trinajstić information content (AvgIpc) is 3.34. The number of hydrogen-bond acceptors (Lipinski definition) is 3. The molecule has 1 aromatic heterocycles. The molecule has 0 fully saturated rings. The minimum absolute atomic E-state index is 0.122. The Morgan fingerprint density at radius 3 is 2.77 bits per heavy atom. The Hall–Kier alpha value is -2.99. The summed E-state index contributed by atoms with van der Waals surface area (Å²) >= 11 is 6.18. The van der Waals surface area contributed by atoms with Crippen molar-refractivity contribution < 1.29 is 9.53 Å². The maximum Gasteiger partial charge on any atom is 0.319 e. The van der Waals surface area contributed by atoms with Crippen molar-refractivity contribution in [2.45, 2.75) is 39.2 Å². The molecule has 6 nitrogen and oxygen atoms in total. The molecule has 2 amide bonds. The van der Waals surface area contributed by atoms with Crippen LogP contribution in [-0.4, -0.2) is 22.4 Å². The van der Waals surface area contributed by atoms with Gasteiger partial charge in [0.15, 0.2) is 0 Å². The van der Waals surface area contributed by atoms with Crippen molar-refractivity contribution in [3.05, 3.63) is 70.5 Å². The fourth-order valence-electron chi connectivity index (χ4n) is 3.39. The van der Waals surface area contributed by atoms with E-state index in [2.05, 4.69) is 31.4 Å². The summed E-state index contributed by atoms with van der Waals surface area (Å²) < 4.78 is 7.48. The molecule has 156 valence electrons. The average molecular weight is 425 g/mol. The van der Waals surface area contributed by atoms with Crippen molar-refractivity contribution in [3.63, 3.8) is 0 Å². The molecule has 2 heterocycles. The number of rotatable bonds is 4. The number of hydrogen-bond donors (Lipinski definition) is 2. The molecule has 30 heavy (non-hydrogen) atoms. The molecule has 4 rings (SSSR count). The van der Waals surface area contributed by atoms with Gasteiger partial charge in [-0.2, -0.15) is 5.10 Å². The third kappa shape index (κ3) is 4.28. The second-order valence-electron chi connectivity index (χ2n) is 8.36. The zero-order chi connectivity index (χ0) is 21.3. The van der Waals surface area contributed by atoms with Crippen molar-refractivity contribution >= 4 is 23.3 Å². The highest BCUT2D eigenvalue weighted by molar-refractivity contribution is 6.30. The molecule has 0 aliphatic carbocycles. The Balaban J connectivity index is 1.53. The van der Waals surface area contributed by atoms with Crippen LogP contribution in [0.3, 0.4) is 0 Å². The molecule has 7 heteroatoms. The van der Waals surface area contributed by atoms with E-state index in [1.54, 1.807) is 0 Å². The highest BCUT2D eigenvalue weighted by Gasteiger charge is 2.21. The molecule has 0 bridgehead atoms. The SMILES string of the molecule is CC(C)(C)c1cc(CNC(=O)Nc2cccc3c2OCC3)n(-c2cccc(Cl)c2)n1. The van der Waals surface area contributed by atoms with Crippen LogP contribution in [-0.2, 0) is 18.4 Å². The number of fused-ring (bicyclic) bond motifs is 1. The van der Waals surface area contributed by atoms with E-state index in [0.717, 1.165) is 34.8 Å². The van der Waals surface area contributed by atoms with Gasteiger partial charge < -0.3 is 15.4 Å². The standard InChI is InChI=1S/C23H25ClN4O2/c1-23(2,3)20-13-18(28(27-20)17-8-5-7-16(24)12-17)14-25-22(29)26-19-9-4-6-15-10-11-30-21(15)19/h4-9,12-13H,10-11,14H2,1-3H3,(H2,25,26,29). The minimum Gasteiger partial charge on any atom is -0.491 e. The molecule has 0 radical (unpaired) electrons. The molecule has 1 aliphatic rings. The van der Waals surface area contributed by atoms with Gasteiger partial charge in [-0.1, -0.05) is 50.6 Å². The van der Waals surface area contributed by atoms with Crippen molar-refractivity contribution in [1.29, 1.82) is 0 Å². The smallest absolute Gasteiger partial charge is 0.319 e. The number of para-hydroxylation sites is 1. The maximum absolute atomic E-state index is 12.6. The fourth-order valence-corrected chi connectivity index (χ4v) is 3.58. The number of anilines is 1. The van der Waals surface area contributed by atoms with Gasteiger partial charge in [0.1, 0.15) is 5.75 Å². The number of nitrogens with one attached hydrogen (secondary N) is 2. The first-order chi connectivity index (χ1) is 14.3. The molecule has 0 unspecified atom stereocenters. The van der Waals surface area contributed by atoms with Crippen LogP contribution in [0, 0.1) is 0 Å². The van der Waals surface area contributed by atoms with Gasteiger partial charge >= 0.3 is 6.03 Å². The third-order valence-electron chi connectivity index (χ3n) is 5.00. The summed E-state index contributed by atoms with van der Waals surface area (Å²) in [7, 11) is 0. The quantitative estimate of drug-likeness (QED) is 0.613. The molecule has 3 aromatic rings. The van der Waals surface area contributed by atoms with E-state index < -0.39 is 0 Å². The zero-order valence-electron chi connectivity index (χ0n) is 17.3. The topological polar surface area (TPSA) is 68.2 Å². The number of halogens is 1. The van der Waals surface area contributed by atoms with E-state index in [9.17, 15) is 4.79 Å². The first-order valence-electron chi connectivity index (χ1n) is 9.96. The van der Waals surface area contributed by atoms with Crippen molar-refractivity contribution in [2.24, 2.45) is 0 Å². The van der Waals surface area contributed by atoms with E-state index >= 15 is 0 Å². The Kier molecular flexibility index (Phi) is 5.43. The van der Waals surface area contributed by atoms with Gasteiger partial charge in [0, 0.05) is 16.9 Å². The monoisotopic (exact) mass is 424 g/mol. The van der Waals surface area contributed by atoms with Crippen LogP contribution in [0.1, 0.15) is 37.7 Å². The van der Waals surface area contributed by atoms with Crippen LogP contribution in [0.2, 0.25) is 5.02 Å². The maximum atomic E-state index is 12.6. The van der Waals surface area contributed by atoms with Crippen LogP contribution in [0.25, 0.3) is 5.69 Å². The highest BCUT2D eigenvalue weighted by atomic mass is 35.5. The van der Waals surface area contributed by atoms with Crippen molar-refractivity contribution in [1.82, 2.24) is 15.1 Å². The number of amides is 2. The van der Waals surface area contributed by atoms with Gasteiger partial charge in [0.2, 0.25) is 0 Å². The lowest BCUT2D eigenvalue weighted by atomic mass is 9.92. The normalized spacial score (nSPS) is 12.9. The van der Waals surface area contributed by atoms with E-state index in [4.69, 9.17) is 21.4 Å². The predicted molar refractivity (Wildman–Crippen MR) is 119 cm³/mol. The number of nitrogens with zero attached hydrogens (tertiary/aromatic N) is 2. The van der Waals surface area contributed by atoms with E-state index in [1.165, 1.54) is 0 Å². The molecular formula is C23H25ClN4O2. The first kappa shape index (κ1) is 20.3. The summed E-state index contributed by atoms with van der Waals surface area (Å²) in [6.07, 6.45) is 0.862. The second-order valence-corrected chi connectivity index (χ2v) is 8.80. The van der Waals surface area contributed by atoms with Gasteiger partial charge in [-0.05, 0) is 35.9 Å². The first-order valence-corrected chi connectivity index (χ1v) is 10.3.